The van der Waals surface area contributed by atoms with Gasteiger partial charge in [0.15, 0.2) is 0 Å². The van der Waals surface area contributed by atoms with Crippen LogP contribution in [0.4, 0.5) is 5.69 Å². The number of likely N-dealkylation sites (N-methyl/N-ethyl adjacent to an activating group) is 1. The van der Waals surface area contributed by atoms with Gasteiger partial charge < -0.3 is 14.4 Å². The van der Waals surface area contributed by atoms with Gasteiger partial charge in [-0.05, 0) is 61.6 Å². The van der Waals surface area contributed by atoms with E-state index in [9.17, 15) is 10.1 Å². The van der Waals surface area contributed by atoms with E-state index in [2.05, 4.69) is 34.8 Å². The summed E-state index contributed by atoms with van der Waals surface area (Å²) in [6.45, 7) is 7.08. The number of aromatic nitrogens is 1. The lowest BCUT2D eigenvalue weighted by Crippen LogP contribution is -2.27. The highest BCUT2D eigenvalue weighted by atomic mass is 32.1. The Bertz CT molecular complexity index is 1130. The number of rotatable bonds is 11. The zero-order valence-electron chi connectivity index (χ0n) is 19.6. The predicted molar refractivity (Wildman–Crippen MR) is 135 cm³/mol. The molecule has 0 aliphatic carbocycles. The molecule has 1 heterocycles. The van der Waals surface area contributed by atoms with E-state index in [-0.39, 0.29) is 5.97 Å². The van der Waals surface area contributed by atoms with Crippen LogP contribution in [0.25, 0.3) is 11.3 Å². The molecule has 176 valence electrons. The summed E-state index contributed by atoms with van der Waals surface area (Å²) in [6, 6.07) is 16.7. The highest BCUT2D eigenvalue weighted by molar-refractivity contribution is 7.10. The molecule has 1 aromatic heterocycles. The topological polar surface area (TPSA) is 87.8 Å². The van der Waals surface area contributed by atoms with E-state index in [1.807, 2.05) is 29.6 Å². The number of nitriles is 1. The van der Waals surface area contributed by atoms with Gasteiger partial charge in [0.1, 0.15) is 23.3 Å². The molecule has 0 spiro atoms. The molecular formula is C26H28N4O3S. The first kappa shape index (κ1) is 25.1. The van der Waals surface area contributed by atoms with Gasteiger partial charge in [0.2, 0.25) is 0 Å². The first-order valence-electron chi connectivity index (χ1n) is 11.1. The average Bonchev–Trinajstić information content (AvgIpc) is 3.37. The molecule has 0 fully saturated rings. The highest BCUT2D eigenvalue weighted by Gasteiger charge is 2.14. The van der Waals surface area contributed by atoms with Gasteiger partial charge in [0, 0.05) is 23.7 Å². The van der Waals surface area contributed by atoms with Crippen LogP contribution in [0.2, 0.25) is 0 Å². The Hall–Kier alpha value is -3.54. The number of nitrogens with zero attached hydrogens (tertiary/aromatic N) is 4. The van der Waals surface area contributed by atoms with Crippen molar-refractivity contribution in [1.82, 2.24) is 9.88 Å². The monoisotopic (exact) mass is 476 g/mol. The van der Waals surface area contributed by atoms with E-state index in [1.165, 1.54) is 11.3 Å². The predicted octanol–water partition coefficient (Wildman–Crippen LogP) is 5.33. The van der Waals surface area contributed by atoms with Crippen LogP contribution in [0.3, 0.4) is 0 Å². The van der Waals surface area contributed by atoms with Crippen LogP contribution < -0.4 is 4.74 Å². The molecule has 1 unspecified atom stereocenters. The largest absolute Gasteiger partial charge is 0.497 e. The lowest BCUT2D eigenvalue weighted by atomic mass is 10.1. The molecule has 8 heteroatoms. The van der Waals surface area contributed by atoms with Crippen molar-refractivity contribution in [2.75, 3.05) is 33.4 Å². The first-order valence-corrected chi connectivity index (χ1v) is 12.0. The normalized spacial score (nSPS) is 12.0. The SMILES string of the molecule is CCN(CC)CCOC(=O)c1ccc(N=CC(C#N)c2nc(-c3ccc(OC)cc3)cs2)cc1. The van der Waals surface area contributed by atoms with Crippen molar-refractivity contribution >= 4 is 29.2 Å². The smallest absolute Gasteiger partial charge is 0.338 e. The second-order valence-corrected chi connectivity index (χ2v) is 8.28. The molecule has 7 nitrogen and oxygen atoms in total. The summed E-state index contributed by atoms with van der Waals surface area (Å²) >= 11 is 1.42. The summed E-state index contributed by atoms with van der Waals surface area (Å²) in [5.74, 6) is -0.145. The standard InChI is InChI=1S/C26H28N4O3S/c1-4-30(5-2)14-15-33-26(31)20-6-10-22(11-7-20)28-17-21(16-27)25-29-24(18-34-25)19-8-12-23(32-3)13-9-19/h6-13,17-18,21H,4-5,14-15H2,1-3H3. The van der Waals surface area contributed by atoms with Gasteiger partial charge >= 0.3 is 5.97 Å². The number of hydrogen-bond acceptors (Lipinski definition) is 8. The number of aliphatic imine (C=N–C) groups is 1. The number of carbonyl (C=O) groups is 1. The summed E-state index contributed by atoms with van der Waals surface area (Å²) < 4.78 is 10.5. The van der Waals surface area contributed by atoms with Crippen LogP contribution in [0.15, 0.2) is 58.9 Å². The zero-order valence-corrected chi connectivity index (χ0v) is 20.4. The van der Waals surface area contributed by atoms with Gasteiger partial charge in [0.25, 0.3) is 0 Å². The maximum atomic E-state index is 12.2. The van der Waals surface area contributed by atoms with E-state index in [4.69, 9.17) is 9.47 Å². The lowest BCUT2D eigenvalue weighted by Gasteiger charge is -2.17. The Labute approximate surface area is 204 Å². The van der Waals surface area contributed by atoms with Crippen molar-refractivity contribution < 1.29 is 14.3 Å². The number of esters is 1. The molecule has 0 radical (unpaired) electrons. The van der Waals surface area contributed by atoms with E-state index >= 15 is 0 Å². The Morgan fingerprint density at radius 2 is 1.88 bits per heavy atom. The Balaban J connectivity index is 1.60. The molecule has 0 aliphatic heterocycles. The van der Waals surface area contributed by atoms with Crippen LogP contribution in [-0.4, -0.2) is 55.4 Å². The maximum absolute atomic E-state index is 12.2. The number of hydrogen-bond donors (Lipinski definition) is 0. The third-order valence-electron chi connectivity index (χ3n) is 5.32. The molecule has 2 aromatic carbocycles. The van der Waals surface area contributed by atoms with Gasteiger partial charge in [-0.15, -0.1) is 11.3 Å². The average molecular weight is 477 g/mol. The maximum Gasteiger partial charge on any atom is 0.338 e. The molecule has 0 bridgehead atoms. The molecule has 3 rings (SSSR count). The minimum Gasteiger partial charge on any atom is -0.497 e. The van der Waals surface area contributed by atoms with Crippen LogP contribution in [-0.2, 0) is 4.74 Å². The minimum absolute atomic E-state index is 0.355. The van der Waals surface area contributed by atoms with Crippen molar-refractivity contribution in [3.63, 3.8) is 0 Å². The molecule has 0 saturated carbocycles. The van der Waals surface area contributed by atoms with Crippen LogP contribution >= 0.6 is 11.3 Å². The lowest BCUT2D eigenvalue weighted by molar-refractivity contribution is 0.0466. The highest BCUT2D eigenvalue weighted by Crippen LogP contribution is 2.27. The Kier molecular flexibility index (Phi) is 9.32. The molecular weight excluding hydrogens is 448 g/mol. The number of benzene rings is 2. The third-order valence-corrected chi connectivity index (χ3v) is 6.25. The second-order valence-electron chi connectivity index (χ2n) is 7.39. The number of thiazole rings is 1. The number of methoxy groups -OCH3 is 1. The molecule has 0 saturated heterocycles. The fraction of sp³-hybridized carbons (Fsp3) is 0.308. The molecule has 0 N–H and O–H groups in total. The van der Waals surface area contributed by atoms with Crippen molar-refractivity contribution in [3.8, 4) is 23.1 Å². The molecule has 0 aliphatic rings. The second kappa shape index (κ2) is 12.6. The summed E-state index contributed by atoms with van der Waals surface area (Å²) in [6.07, 6.45) is 1.58. The summed E-state index contributed by atoms with van der Waals surface area (Å²) in [5.41, 5.74) is 2.88. The zero-order chi connectivity index (χ0) is 24.3. The summed E-state index contributed by atoms with van der Waals surface area (Å²) in [4.78, 5) is 23.4. The van der Waals surface area contributed by atoms with E-state index in [0.717, 1.165) is 30.1 Å². The van der Waals surface area contributed by atoms with E-state index in [1.54, 1.807) is 37.6 Å². The van der Waals surface area contributed by atoms with Crippen LogP contribution in [0.1, 0.15) is 35.1 Å². The van der Waals surface area contributed by atoms with Gasteiger partial charge in [-0.3, -0.25) is 4.99 Å². The van der Waals surface area contributed by atoms with Gasteiger partial charge in [0.05, 0.1) is 30.1 Å². The van der Waals surface area contributed by atoms with Crippen LogP contribution in [0, 0.1) is 11.3 Å². The molecule has 1 atom stereocenters. The van der Waals surface area contributed by atoms with Crippen molar-refractivity contribution in [2.45, 2.75) is 19.8 Å². The molecule has 34 heavy (non-hydrogen) atoms. The molecule has 0 amide bonds. The van der Waals surface area contributed by atoms with Gasteiger partial charge in [-0.25, -0.2) is 9.78 Å². The quantitative estimate of drug-likeness (QED) is 0.275. The van der Waals surface area contributed by atoms with Crippen molar-refractivity contribution in [1.29, 1.82) is 5.26 Å². The number of carbonyl (C=O) groups excluding carboxylic acids is 1. The van der Waals surface area contributed by atoms with Crippen molar-refractivity contribution in [2.24, 2.45) is 4.99 Å². The fourth-order valence-corrected chi connectivity index (χ4v) is 4.04. The van der Waals surface area contributed by atoms with E-state index in [0.29, 0.717) is 29.4 Å². The van der Waals surface area contributed by atoms with Crippen molar-refractivity contribution in [3.05, 3.63) is 64.5 Å². The van der Waals surface area contributed by atoms with Gasteiger partial charge in [-0.1, -0.05) is 13.8 Å². The van der Waals surface area contributed by atoms with Gasteiger partial charge in [-0.2, -0.15) is 5.26 Å². The summed E-state index contributed by atoms with van der Waals surface area (Å²) in [5, 5.41) is 12.2. The van der Waals surface area contributed by atoms with Crippen LogP contribution in [0.5, 0.6) is 5.75 Å². The minimum atomic E-state index is -0.568. The van der Waals surface area contributed by atoms with E-state index < -0.39 is 5.92 Å². The first-order chi connectivity index (χ1) is 16.6. The third kappa shape index (κ3) is 6.73. The Morgan fingerprint density at radius 1 is 1.18 bits per heavy atom. The fourth-order valence-electron chi connectivity index (χ4n) is 3.21. The molecule has 3 aromatic rings. The number of ether oxygens (including phenoxy) is 2. The Morgan fingerprint density at radius 3 is 2.50 bits per heavy atom. The summed E-state index contributed by atoms with van der Waals surface area (Å²) in [7, 11) is 1.63.